The molecule has 2 N–H and O–H groups in total. The van der Waals surface area contributed by atoms with Gasteiger partial charge in [0, 0.05) is 12.1 Å². The highest BCUT2D eigenvalue weighted by atomic mass is 16.6. The Morgan fingerprint density at radius 2 is 2.10 bits per heavy atom. The van der Waals surface area contributed by atoms with Crippen molar-refractivity contribution in [3.05, 3.63) is 29.3 Å². The molecule has 1 saturated carbocycles. The van der Waals surface area contributed by atoms with Crippen LogP contribution in [0.1, 0.15) is 50.3 Å². The normalized spacial score (nSPS) is 24.9. The van der Waals surface area contributed by atoms with E-state index in [4.69, 9.17) is 10.5 Å². The average molecular weight is 288 g/mol. The first kappa shape index (κ1) is 14.4. The molecule has 1 aromatic rings. The number of ether oxygens (including phenoxy) is 1. The Labute approximate surface area is 126 Å². The number of fused-ring (bicyclic) bond motifs is 1. The maximum Gasteiger partial charge on any atom is 0.414 e. The van der Waals surface area contributed by atoms with Crippen LogP contribution in [0.3, 0.4) is 0 Å². The van der Waals surface area contributed by atoms with Gasteiger partial charge < -0.3 is 10.5 Å². The number of benzene rings is 1. The quantitative estimate of drug-likeness (QED) is 0.905. The van der Waals surface area contributed by atoms with Crippen LogP contribution in [0.2, 0.25) is 0 Å². The third kappa shape index (κ3) is 2.77. The Morgan fingerprint density at radius 1 is 1.38 bits per heavy atom. The molecule has 4 heteroatoms. The van der Waals surface area contributed by atoms with Crippen molar-refractivity contribution in [2.75, 3.05) is 4.90 Å². The van der Waals surface area contributed by atoms with Crippen LogP contribution in [-0.2, 0) is 4.74 Å². The Bertz CT molecular complexity index is 552. The number of carbonyl (C=O) groups excluding carboxylic acids is 1. The number of anilines is 1. The maximum atomic E-state index is 12.6. The zero-order valence-corrected chi connectivity index (χ0v) is 13.0. The summed E-state index contributed by atoms with van der Waals surface area (Å²) in [4.78, 5) is 14.4. The van der Waals surface area contributed by atoms with Gasteiger partial charge >= 0.3 is 6.09 Å². The van der Waals surface area contributed by atoms with Gasteiger partial charge in [-0.1, -0.05) is 17.7 Å². The first-order chi connectivity index (χ1) is 9.97. The summed E-state index contributed by atoms with van der Waals surface area (Å²) in [6, 6.07) is 6.34. The molecular weight excluding hydrogens is 264 g/mol. The van der Waals surface area contributed by atoms with Gasteiger partial charge in [-0.15, -0.1) is 0 Å². The van der Waals surface area contributed by atoms with Crippen LogP contribution in [0.5, 0.6) is 0 Å². The molecule has 0 bridgehead atoms. The van der Waals surface area contributed by atoms with Crippen molar-refractivity contribution in [3.8, 4) is 0 Å². The second-order valence-corrected chi connectivity index (χ2v) is 6.61. The Kier molecular flexibility index (Phi) is 3.66. The van der Waals surface area contributed by atoms with Crippen molar-refractivity contribution in [1.82, 2.24) is 0 Å². The zero-order valence-electron chi connectivity index (χ0n) is 13.0. The van der Waals surface area contributed by atoms with E-state index in [1.807, 2.05) is 30.9 Å². The summed E-state index contributed by atoms with van der Waals surface area (Å²) in [5.74, 6) is 0.574. The highest BCUT2D eigenvalue weighted by molar-refractivity contribution is 5.90. The van der Waals surface area contributed by atoms with Crippen LogP contribution in [-0.4, -0.2) is 18.2 Å². The summed E-state index contributed by atoms with van der Waals surface area (Å²) in [7, 11) is 0. The van der Waals surface area contributed by atoms with E-state index in [0.717, 1.165) is 17.7 Å². The van der Waals surface area contributed by atoms with Gasteiger partial charge in [-0.25, -0.2) is 4.79 Å². The minimum atomic E-state index is -0.237. The second kappa shape index (κ2) is 5.34. The topological polar surface area (TPSA) is 55.6 Å². The number of aryl methyl sites for hydroxylation is 1. The van der Waals surface area contributed by atoms with E-state index in [1.165, 1.54) is 18.4 Å². The molecule has 21 heavy (non-hydrogen) atoms. The average Bonchev–Trinajstić information content (AvgIpc) is 3.22. The number of rotatable bonds is 2. The van der Waals surface area contributed by atoms with Crippen LogP contribution in [0.4, 0.5) is 10.5 Å². The first-order valence-electron chi connectivity index (χ1n) is 7.83. The Balaban J connectivity index is 2.00. The molecule has 0 spiro atoms. The number of carbonyl (C=O) groups is 1. The lowest BCUT2D eigenvalue weighted by molar-refractivity contribution is 0.118. The molecule has 114 valence electrons. The van der Waals surface area contributed by atoms with Gasteiger partial charge in [-0.05, 0) is 57.6 Å². The summed E-state index contributed by atoms with van der Waals surface area (Å²) in [5.41, 5.74) is 9.52. The predicted molar refractivity (Wildman–Crippen MR) is 83.3 cm³/mol. The number of nitrogens with two attached hydrogens (primary N) is 1. The highest BCUT2D eigenvalue weighted by Gasteiger charge is 2.43. The van der Waals surface area contributed by atoms with Crippen molar-refractivity contribution in [1.29, 1.82) is 0 Å². The minimum Gasteiger partial charge on any atom is -0.446 e. The fourth-order valence-electron chi connectivity index (χ4n) is 3.24. The molecule has 1 fully saturated rings. The van der Waals surface area contributed by atoms with Crippen LogP contribution in [0.15, 0.2) is 18.2 Å². The molecule has 1 amide bonds. The summed E-state index contributed by atoms with van der Waals surface area (Å²) in [5, 5.41) is 0. The number of nitrogens with zero attached hydrogens (tertiary/aromatic N) is 1. The van der Waals surface area contributed by atoms with Crippen LogP contribution in [0, 0.1) is 12.8 Å². The van der Waals surface area contributed by atoms with Gasteiger partial charge in [0.1, 0.15) is 0 Å². The predicted octanol–water partition coefficient (Wildman–Crippen LogP) is 3.53. The molecule has 4 nitrogen and oxygen atoms in total. The monoisotopic (exact) mass is 288 g/mol. The minimum absolute atomic E-state index is 0.00796. The SMILES string of the molecule is Cc1ccc2c(c1)[C@@H](N)C[C@@H](C1CC1)N2C(=O)OC(C)C. The van der Waals surface area contributed by atoms with Crippen molar-refractivity contribution < 1.29 is 9.53 Å². The van der Waals surface area contributed by atoms with E-state index in [2.05, 4.69) is 13.0 Å². The lowest BCUT2D eigenvalue weighted by Crippen LogP contribution is -2.48. The van der Waals surface area contributed by atoms with E-state index < -0.39 is 0 Å². The number of hydrogen-bond donors (Lipinski definition) is 1. The van der Waals surface area contributed by atoms with Gasteiger partial charge in [0.2, 0.25) is 0 Å². The van der Waals surface area contributed by atoms with Crippen molar-refractivity contribution in [3.63, 3.8) is 0 Å². The second-order valence-electron chi connectivity index (χ2n) is 6.61. The van der Waals surface area contributed by atoms with Gasteiger partial charge in [0.15, 0.2) is 0 Å². The van der Waals surface area contributed by atoms with E-state index in [1.54, 1.807) is 0 Å². The maximum absolute atomic E-state index is 12.6. The molecule has 0 aromatic heterocycles. The Hall–Kier alpha value is -1.55. The first-order valence-corrected chi connectivity index (χ1v) is 7.83. The standard InChI is InChI=1S/C17H24N2O2/c1-10(2)21-17(20)19-15-7-4-11(3)8-13(15)14(18)9-16(19)12-5-6-12/h4,7-8,10,12,14,16H,5-6,9,18H2,1-3H3/t14-,16-/m0/s1. The Morgan fingerprint density at radius 3 is 2.71 bits per heavy atom. The van der Waals surface area contributed by atoms with Gasteiger partial charge in [0.25, 0.3) is 0 Å². The molecular formula is C17H24N2O2. The third-order valence-electron chi connectivity index (χ3n) is 4.37. The van der Waals surface area contributed by atoms with Gasteiger partial charge in [-0.2, -0.15) is 0 Å². The molecule has 3 rings (SSSR count). The summed E-state index contributed by atoms with van der Waals surface area (Å²) in [6.07, 6.45) is 2.85. The zero-order chi connectivity index (χ0) is 15.1. The molecule has 0 radical (unpaired) electrons. The molecule has 2 aliphatic rings. The van der Waals surface area contributed by atoms with Crippen LogP contribution < -0.4 is 10.6 Å². The van der Waals surface area contributed by atoms with Crippen molar-refractivity contribution in [2.24, 2.45) is 11.7 Å². The van der Waals surface area contributed by atoms with Gasteiger partial charge in [0.05, 0.1) is 11.8 Å². The van der Waals surface area contributed by atoms with Crippen molar-refractivity contribution >= 4 is 11.8 Å². The molecule has 1 aliphatic carbocycles. The van der Waals surface area contributed by atoms with Crippen LogP contribution in [0.25, 0.3) is 0 Å². The lowest BCUT2D eigenvalue weighted by Gasteiger charge is -2.39. The summed E-state index contributed by atoms with van der Waals surface area (Å²) in [6.45, 7) is 5.82. The molecule has 1 aliphatic heterocycles. The van der Waals surface area contributed by atoms with E-state index >= 15 is 0 Å². The summed E-state index contributed by atoms with van der Waals surface area (Å²) >= 11 is 0. The van der Waals surface area contributed by atoms with Crippen molar-refractivity contribution in [2.45, 2.75) is 58.2 Å². The molecule has 0 saturated heterocycles. The molecule has 1 aromatic carbocycles. The number of amides is 1. The smallest absolute Gasteiger partial charge is 0.414 e. The van der Waals surface area contributed by atoms with E-state index in [0.29, 0.717) is 5.92 Å². The highest BCUT2D eigenvalue weighted by Crippen LogP contribution is 2.46. The molecule has 0 unspecified atom stereocenters. The van der Waals surface area contributed by atoms with Crippen LogP contribution >= 0.6 is 0 Å². The molecule has 2 atom stereocenters. The van der Waals surface area contributed by atoms with Gasteiger partial charge in [-0.3, -0.25) is 4.90 Å². The third-order valence-corrected chi connectivity index (χ3v) is 4.37. The number of hydrogen-bond acceptors (Lipinski definition) is 3. The lowest BCUT2D eigenvalue weighted by atomic mass is 9.89. The van der Waals surface area contributed by atoms with E-state index in [9.17, 15) is 4.79 Å². The summed E-state index contributed by atoms with van der Waals surface area (Å²) < 4.78 is 5.47. The molecule has 1 heterocycles. The fraction of sp³-hybridized carbons (Fsp3) is 0.588. The largest absolute Gasteiger partial charge is 0.446 e. The fourth-order valence-corrected chi connectivity index (χ4v) is 3.24. The van der Waals surface area contributed by atoms with E-state index in [-0.39, 0.29) is 24.3 Å².